The van der Waals surface area contributed by atoms with Crippen LogP contribution in [0, 0.1) is 0 Å². The highest BCUT2D eigenvalue weighted by Gasteiger charge is 2.07. The Morgan fingerprint density at radius 1 is 1.05 bits per heavy atom. The van der Waals surface area contributed by atoms with Gasteiger partial charge in [-0.05, 0) is 30.0 Å². The van der Waals surface area contributed by atoms with Gasteiger partial charge in [-0.3, -0.25) is 0 Å². The molecule has 0 atom stereocenters. The SMILES string of the molecule is CCc1cc(Sc2ccc(O)c3ccccc23)ncn1. The Kier molecular flexibility index (Phi) is 3.56. The van der Waals surface area contributed by atoms with E-state index in [4.69, 9.17) is 0 Å². The Labute approximate surface area is 121 Å². The molecule has 0 spiro atoms. The van der Waals surface area contributed by atoms with Crippen molar-refractivity contribution in [2.45, 2.75) is 23.3 Å². The molecule has 4 heteroatoms. The third kappa shape index (κ3) is 2.47. The van der Waals surface area contributed by atoms with Gasteiger partial charge >= 0.3 is 0 Å². The van der Waals surface area contributed by atoms with Gasteiger partial charge in [-0.15, -0.1) is 0 Å². The molecule has 0 radical (unpaired) electrons. The Balaban J connectivity index is 2.04. The number of nitrogens with zero attached hydrogens (tertiary/aromatic N) is 2. The molecule has 1 N–H and O–H groups in total. The lowest BCUT2D eigenvalue weighted by molar-refractivity contribution is 0.481. The molecule has 0 bridgehead atoms. The number of rotatable bonds is 3. The number of hydrogen-bond donors (Lipinski definition) is 1. The zero-order valence-electron chi connectivity index (χ0n) is 11.1. The fourth-order valence-electron chi connectivity index (χ4n) is 2.08. The molecule has 0 aliphatic rings. The molecule has 3 nitrogen and oxygen atoms in total. The fourth-order valence-corrected chi connectivity index (χ4v) is 3.03. The van der Waals surface area contributed by atoms with Gasteiger partial charge in [0, 0.05) is 16.0 Å². The number of phenolic OH excluding ortho intramolecular Hbond substituents is 1. The van der Waals surface area contributed by atoms with Crippen LogP contribution in [0.2, 0.25) is 0 Å². The van der Waals surface area contributed by atoms with Gasteiger partial charge in [0.15, 0.2) is 0 Å². The van der Waals surface area contributed by atoms with Crippen molar-refractivity contribution in [3.05, 3.63) is 54.5 Å². The van der Waals surface area contributed by atoms with E-state index < -0.39 is 0 Å². The van der Waals surface area contributed by atoms with Crippen molar-refractivity contribution in [3.63, 3.8) is 0 Å². The monoisotopic (exact) mass is 282 g/mol. The number of aryl methyl sites for hydroxylation is 1. The summed E-state index contributed by atoms with van der Waals surface area (Å²) in [5.74, 6) is 0.307. The molecule has 0 aliphatic carbocycles. The standard InChI is InChI=1S/C16H14N2OS/c1-2-11-9-16(18-10-17-11)20-15-8-7-14(19)12-5-3-4-6-13(12)15/h3-10,19H,2H2,1H3. The Morgan fingerprint density at radius 2 is 1.85 bits per heavy atom. The van der Waals surface area contributed by atoms with Gasteiger partial charge < -0.3 is 5.11 Å². The maximum Gasteiger partial charge on any atom is 0.123 e. The molecule has 100 valence electrons. The maximum absolute atomic E-state index is 9.91. The second kappa shape index (κ2) is 5.51. The minimum Gasteiger partial charge on any atom is -0.507 e. The molecule has 3 aromatic rings. The quantitative estimate of drug-likeness (QED) is 0.736. The van der Waals surface area contributed by atoms with Crippen LogP contribution in [-0.4, -0.2) is 15.1 Å². The van der Waals surface area contributed by atoms with Crippen LogP contribution in [0.25, 0.3) is 10.8 Å². The summed E-state index contributed by atoms with van der Waals surface area (Å²) in [6.45, 7) is 2.08. The maximum atomic E-state index is 9.91. The van der Waals surface area contributed by atoms with Crippen LogP contribution in [0.15, 0.2) is 58.7 Å². The number of phenols is 1. The van der Waals surface area contributed by atoms with E-state index >= 15 is 0 Å². The van der Waals surface area contributed by atoms with Crippen LogP contribution >= 0.6 is 11.8 Å². The van der Waals surface area contributed by atoms with E-state index in [9.17, 15) is 5.11 Å². The summed E-state index contributed by atoms with van der Waals surface area (Å²) in [4.78, 5) is 9.60. The molecular weight excluding hydrogens is 268 g/mol. The van der Waals surface area contributed by atoms with Crippen molar-refractivity contribution in [3.8, 4) is 5.75 Å². The van der Waals surface area contributed by atoms with E-state index in [2.05, 4.69) is 16.9 Å². The fraction of sp³-hybridized carbons (Fsp3) is 0.125. The zero-order valence-corrected chi connectivity index (χ0v) is 11.9. The lowest BCUT2D eigenvalue weighted by Crippen LogP contribution is -1.90. The van der Waals surface area contributed by atoms with Crippen LogP contribution in [0.5, 0.6) is 5.75 Å². The van der Waals surface area contributed by atoms with Gasteiger partial charge in [-0.1, -0.05) is 43.0 Å². The summed E-state index contributed by atoms with van der Waals surface area (Å²) >= 11 is 1.59. The van der Waals surface area contributed by atoms with E-state index in [0.29, 0.717) is 5.75 Å². The summed E-state index contributed by atoms with van der Waals surface area (Å²) in [7, 11) is 0. The van der Waals surface area contributed by atoms with Crippen LogP contribution < -0.4 is 0 Å². The lowest BCUT2D eigenvalue weighted by atomic mass is 10.1. The minimum atomic E-state index is 0.307. The van der Waals surface area contributed by atoms with E-state index in [1.54, 1.807) is 24.2 Å². The number of aromatic nitrogens is 2. The number of fused-ring (bicyclic) bond motifs is 1. The normalized spacial score (nSPS) is 10.8. The molecule has 0 saturated carbocycles. The Morgan fingerprint density at radius 3 is 2.65 bits per heavy atom. The molecule has 0 amide bonds. The van der Waals surface area contributed by atoms with Crippen LogP contribution in [0.4, 0.5) is 0 Å². The van der Waals surface area contributed by atoms with Crippen LogP contribution in [0.1, 0.15) is 12.6 Å². The largest absolute Gasteiger partial charge is 0.507 e. The molecule has 0 unspecified atom stereocenters. The van der Waals surface area contributed by atoms with Crippen molar-refractivity contribution < 1.29 is 5.11 Å². The summed E-state index contributed by atoms with van der Waals surface area (Å²) in [5.41, 5.74) is 1.03. The van der Waals surface area contributed by atoms with E-state index in [-0.39, 0.29) is 0 Å². The highest BCUT2D eigenvalue weighted by molar-refractivity contribution is 7.99. The number of aromatic hydroxyl groups is 1. The second-order valence-electron chi connectivity index (χ2n) is 4.43. The van der Waals surface area contributed by atoms with Gasteiger partial charge in [-0.25, -0.2) is 9.97 Å². The average Bonchev–Trinajstić information content (AvgIpc) is 2.51. The first-order chi connectivity index (χ1) is 9.78. The first-order valence-electron chi connectivity index (χ1n) is 6.47. The zero-order chi connectivity index (χ0) is 13.9. The molecule has 3 rings (SSSR count). The van der Waals surface area contributed by atoms with Gasteiger partial charge in [0.05, 0.1) is 0 Å². The van der Waals surface area contributed by atoms with E-state index in [0.717, 1.165) is 32.8 Å². The summed E-state index contributed by atoms with van der Waals surface area (Å²) in [6.07, 6.45) is 2.50. The predicted octanol–water partition coefficient (Wildman–Crippen LogP) is 4.05. The number of benzene rings is 2. The highest BCUT2D eigenvalue weighted by Crippen LogP contribution is 2.36. The molecule has 1 heterocycles. The smallest absolute Gasteiger partial charge is 0.123 e. The van der Waals surface area contributed by atoms with Gasteiger partial charge in [-0.2, -0.15) is 0 Å². The summed E-state index contributed by atoms with van der Waals surface area (Å²) in [6, 6.07) is 13.5. The van der Waals surface area contributed by atoms with Crippen molar-refractivity contribution >= 4 is 22.5 Å². The molecular formula is C16H14N2OS. The predicted molar refractivity (Wildman–Crippen MR) is 81.1 cm³/mol. The molecule has 2 aromatic carbocycles. The van der Waals surface area contributed by atoms with E-state index in [1.807, 2.05) is 36.4 Å². The van der Waals surface area contributed by atoms with Gasteiger partial charge in [0.2, 0.25) is 0 Å². The first kappa shape index (κ1) is 12.9. The Hall–Kier alpha value is -2.07. The summed E-state index contributed by atoms with van der Waals surface area (Å²) in [5, 5.41) is 12.7. The Bertz CT molecular complexity index is 758. The highest BCUT2D eigenvalue weighted by atomic mass is 32.2. The summed E-state index contributed by atoms with van der Waals surface area (Å²) < 4.78 is 0. The van der Waals surface area contributed by atoms with Gasteiger partial charge in [0.1, 0.15) is 17.1 Å². The third-order valence-corrected chi connectivity index (χ3v) is 4.14. The van der Waals surface area contributed by atoms with Crippen molar-refractivity contribution in [2.24, 2.45) is 0 Å². The number of hydrogen-bond acceptors (Lipinski definition) is 4. The lowest BCUT2D eigenvalue weighted by Gasteiger charge is -2.07. The first-order valence-corrected chi connectivity index (χ1v) is 7.29. The third-order valence-electron chi connectivity index (χ3n) is 3.14. The van der Waals surface area contributed by atoms with Crippen molar-refractivity contribution in [1.82, 2.24) is 9.97 Å². The molecule has 1 aromatic heterocycles. The van der Waals surface area contributed by atoms with E-state index in [1.165, 1.54) is 0 Å². The van der Waals surface area contributed by atoms with Crippen LogP contribution in [-0.2, 0) is 6.42 Å². The van der Waals surface area contributed by atoms with Crippen molar-refractivity contribution in [1.29, 1.82) is 0 Å². The minimum absolute atomic E-state index is 0.307. The molecule has 0 fully saturated rings. The average molecular weight is 282 g/mol. The topological polar surface area (TPSA) is 46.0 Å². The second-order valence-corrected chi connectivity index (χ2v) is 5.49. The molecule has 0 aliphatic heterocycles. The molecule has 20 heavy (non-hydrogen) atoms. The van der Waals surface area contributed by atoms with Crippen LogP contribution in [0.3, 0.4) is 0 Å². The van der Waals surface area contributed by atoms with Gasteiger partial charge in [0.25, 0.3) is 0 Å². The van der Waals surface area contributed by atoms with Crippen molar-refractivity contribution in [2.75, 3.05) is 0 Å². The molecule has 0 saturated heterocycles.